The Hall–Kier alpha value is -1.88. The molecule has 1 aliphatic heterocycles. The summed E-state index contributed by atoms with van der Waals surface area (Å²) >= 11 is 6.14. The van der Waals surface area contributed by atoms with Gasteiger partial charge in [0.1, 0.15) is 0 Å². The van der Waals surface area contributed by atoms with Gasteiger partial charge in [-0.2, -0.15) is 0 Å². The van der Waals surface area contributed by atoms with Crippen LogP contribution in [0.5, 0.6) is 0 Å². The lowest BCUT2D eigenvalue weighted by molar-refractivity contribution is -0.0443. The zero-order valence-corrected chi connectivity index (χ0v) is 13.0. The predicted octanol–water partition coefficient (Wildman–Crippen LogP) is 3.16. The van der Waals surface area contributed by atoms with E-state index >= 15 is 0 Å². The molecule has 2 aromatic carbocycles. The summed E-state index contributed by atoms with van der Waals surface area (Å²) in [6.45, 7) is 0.994. The zero-order chi connectivity index (χ0) is 15.6. The molecule has 5 heteroatoms. The summed E-state index contributed by atoms with van der Waals surface area (Å²) in [4.78, 5) is 6.18. The average Bonchev–Trinajstić information content (AvgIpc) is 2.55. The Morgan fingerprint density at radius 3 is 2.73 bits per heavy atom. The van der Waals surface area contributed by atoms with Gasteiger partial charge in [-0.1, -0.05) is 41.9 Å². The molecular formula is C17H17ClN2O2. The minimum absolute atomic E-state index is 0.483. The highest BCUT2D eigenvalue weighted by molar-refractivity contribution is 6.30. The predicted molar refractivity (Wildman–Crippen MR) is 87.6 cm³/mol. The number of hydrogen-bond donors (Lipinski definition) is 1. The van der Waals surface area contributed by atoms with Crippen LogP contribution in [-0.2, 0) is 10.5 Å². The highest BCUT2D eigenvalue weighted by Crippen LogP contribution is 2.41. The van der Waals surface area contributed by atoms with Crippen LogP contribution in [-0.4, -0.2) is 36.6 Å². The Balaban J connectivity index is 2.16. The van der Waals surface area contributed by atoms with E-state index in [1.54, 1.807) is 30.5 Å². The summed E-state index contributed by atoms with van der Waals surface area (Å²) in [7, 11) is 1.63. The van der Waals surface area contributed by atoms with Gasteiger partial charge in [-0.3, -0.25) is 0 Å². The number of rotatable bonds is 4. The smallest absolute Gasteiger partial charge is 0.194 e. The van der Waals surface area contributed by atoms with Crippen LogP contribution in [0.1, 0.15) is 11.1 Å². The molecule has 2 aromatic rings. The van der Waals surface area contributed by atoms with Crippen molar-refractivity contribution in [3.05, 3.63) is 64.7 Å². The number of aliphatic imine (C=N–C) groups is 1. The molecule has 0 saturated carbocycles. The molecule has 0 bridgehead atoms. The van der Waals surface area contributed by atoms with Crippen LogP contribution in [0.25, 0.3) is 0 Å². The van der Waals surface area contributed by atoms with E-state index in [0.717, 1.165) is 5.56 Å². The number of aliphatic hydroxyl groups is 1. The molecule has 1 aliphatic rings. The summed E-state index contributed by atoms with van der Waals surface area (Å²) in [6, 6.07) is 14.9. The highest BCUT2D eigenvalue weighted by Gasteiger charge is 2.41. The first kappa shape index (κ1) is 15.0. The molecule has 4 nitrogen and oxygen atoms in total. The van der Waals surface area contributed by atoms with Crippen molar-refractivity contribution in [1.29, 1.82) is 0 Å². The highest BCUT2D eigenvalue weighted by atomic mass is 35.5. The number of ether oxygens (including phenoxy) is 1. The van der Waals surface area contributed by atoms with Crippen LogP contribution in [0.3, 0.4) is 0 Å². The molecule has 0 saturated heterocycles. The third-order valence-corrected chi connectivity index (χ3v) is 4.03. The van der Waals surface area contributed by atoms with Crippen molar-refractivity contribution in [3.8, 4) is 0 Å². The van der Waals surface area contributed by atoms with Crippen molar-refractivity contribution in [1.82, 2.24) is 4.90 Å². The topological polar surface area (TPSA) is 45.1 Å². The van der Waals surface area contributed by atoms with E-state index in [1.807, 2.05) is 36.4 Å². The molecule has 0 fully saturated rings. The Kier molecular flexibility index (Phi) is 4.16. The van der Waals surface area contributed by atoms with Crippen LogP contribution in [0.4, 0.5) is 5.69 Å². The van der Waals surface area contributed by atoms with Crippen molar-refractivity contribution in [3.63, 3.8) is 0 Å². The van der Waals surface area contributed by atoms with E-state index in [-0.39, 0.29) is 0 Å². The fourth-order valence-electron chi connectivity index (χ4n) is 2.67. The SMILES string of the molecule is COCCN1C=Nc2ccc(Cl)cc2C1(O)c1ccccc1. The molecule has 0 aromatic heterocycles. The lowest BCUT2D eigenvalue weighted by Gasteiger charge is -2.42. The Morgan fingerprint density at radius 1 is 1.23 bits per heavy atom. The van der Waals surface area contributed by atoms with E-state index in [0.29, 0.717) is 29.4 Å². The van der Waals surface area contributed by atoms with Gasteiger partial charge in [0.05, 0.1) is 18.6 Å². The molecule has 0 spiro atoms. The second-order valence-electron chi connectivity index (χ2n) is 5.13. The van der Waals surface area contributed by atoms with Gasteiger partial charge < -0.3 is 14.7 Å². The van der Waals surface area contributed by atoms with Crippen LogP contribution in [0, 0.1) is 0 Å². The molecule has 0 radical (unpaired) electrons. The Labute approximate surface area is 134 Å². The maximum atomic E-state index is 11.5. The summed E-state index contributed by atoms with van der Waals surface area (Å²) in [5.41, 5.74) is 0.830. The third kappa shape index (κ3) is 2.50. The van der Waals surface area contributed by atoms with Crippen LogP contribution in [0.15, 0.2) is 53.5 Å². The number of nitrogens with zero attached hydrogens (tertiary/aromatic N) is 2. The largest absolute Gasteiger partial charge is 0.383 e. The number of fused-ring (bicyclic) bond motifs is 1. The number of methoxy groups -OCH3 is 1. The van der Waals surface area contributed by atoms with Crippen molar-refractivity contribution >= 4 is 23.6 Å². The molecule has 1 unspecified atom stereocenters. The fraction of sp³-hybridized carbons (Fsp3) is 0.235. The second kappa shape index (κ2) is 6.08. The Bertz CT molecular complexity index is 690. The molecule has 3 rings (SSSR count). The minimum Gasteiger partial charge on any atom is -0.383 e. The summed E-state index contributed by atoms with van der Waals surface area (Å²) in [5, 5.41) is 12.1. The number of benzene rings is 2. The first-order chi connectivity index (χ1) is 10.7. The normalized spacial score (nSPS) is 20.0. The summed E-state index contributed by atoms with van der Waals surface area (Å²) in [6.07, 6.45) is 1.66. The summed E-state index contributed by atoms with van der Waals surface area (Å²) in [5.74, 6) is 0. The molecule has 114 valence electrons. The minimum atomic E-state index is -1.32. The number of halogens is 1. The Morgan fingerprint density at radius 2 is 2.00 bits per heavy atom. The number of hydrogen-bond acceptors (Lipinski definition) is 4. The average molecular weight is 317 g/mol. The standard InChI is InChI=1S/C17H17ClN2O2/c1-22-10-9-20-12-19-16-8-7-14(18)11-15(16)17(20,21)13-5-3-2-4-6-13/h2-8,11-12,21H,9-10H2,1H3. The maximum Gasteiger partial charge on any atom is 0.194 e. The molecule has 0 amide bonds. The lowest BCUT2D eigenvalue weighted by Crippen LogP contribution is -2.49. The van der Waals surface area contributed by atoms with Gasteiger partial charge in [0.15, 0.2) is 5.72 Å². The summed E-state index contributed by atoms with van der Waals surface area (Å²) < 4.78 is 5.14. The molecule has 1 heterocycles. The van der Waals surface area contributed by atoms with Crippen LogP contribution in [0.2, 0.25) is 5.02 Å². The van der Waals surface area contributed by atoms with E-state index in [2.05, 4.69) is 4.99 Å². The third-order valence-electron chi connectivity index (χ3n) is 3.80. The van der Waals surface area contributed by atoms with Gasteiger partial charge in [-0.25, -0.2) is 4.99 Å². The van der Waals surface area contributed by atoms with E-state index < -0.39 is 5.72 Å². The maximum absolute atomic E-state index is 11.5. The van der Waals surface area contributed by atoms with Crippen molar-refractivity contribution in [2.24, 2.45) is 4.99 Å². The van der Waals surface area contributed by atoms with Crippen LogP contribution < -0.4 is 0 Å². The van der Waals surface area contributed by atoms with Gasteiger partial charge in [-0.05, 0) is 18.2 Å². The van der Waals surface area contributed by atoms with Gasteiger partial charge in [-0.15, -0.1) is 0 Å². The van der Waals surface area contributed by atoms with Crippen molar-refractivity contribution < 1.29 is 9.84 Å². The monoisotopic (exact) mass is 316 g/mol. The first-order valence-electron chi connectivity index (χ1n) is 7.04. The molecule has 22 heavy (non-hydrogen) atoms. The lowest BCUT2D eigenvalue weighted by atomic mass is 9.90. The van der Waals surface area contributed by atoms with Gasteiger partial charge in [0, 0.05) is 29.8 Å². The molecule has 1 atom stereocenters. The van der Waals surface area contributed by atoms with Gasteiger partial charge >= 0.3 is 0 Å². The molecule has 1 N–H and O–H groups in total. The van der Waals surface area contributed by atoms with E-state index in [9.17, 15) is 5.11 Å². The second-order valence-corrected chi connectivity index (χ2v) is 5.57. The van der Waals surface area contributed by atoms with E-state index in [1.165, 1.54) is 0 Å². The zero-order valence-electron chi connectivity index (χ0n) is 12.2. The van der Waals surface area contributed by atoms with Gasteiger partial charge in [0.25, 0.3) is 0 Å². The first-order valence-corrected chi connectivity index (χ1v) is 7.42. The van der Waals surface area contributed by atoms with Crippen molar-refractivity contribution in [2.45, 2.75) is 5.72 Å². The van der Waals surface area contributed by atoms with Gasteiger partial charge in [0.2, 0.25) is 0 Å². The molecular weight excluding hydrogens is 300 g/mol. The fourth-order valence-corrected chi connectivity index (χ4v) is 2.84. The quantitative estimate of drug-likeness (QED) is 0.942. The molecule has 0 aliphatic carbocycles. The van der Waals surface area contributed by atoms with Crippen molar-refractivity contribution in [2.75, 3.05) is 20.3 Å². The van der Waals surface area contributed by atoms with E-state index in [4.69, 9.17) is 16.3 Å². The van der Waals surface area contributed by atoms with Crippen LogP contribution >= 0.6 is 11.6 Å².